The largest absolute Gasteiger partial charge is 0.470 e. The Hall–Kier alpha value is -3.31. The summed E-state index contributed by atoms with van der Waals surface area (Å²) >= 11 is 0. The zero-order chi connectivity index (χ0) is 24.8. The molecule has 2 aromatic rings. The zero-order valence-corrected chi connectivity index (χ0v) is 18.5. The first-order valence-electron chi connectivity index (χ1n) is 10.1. The van der Waals surface area contributed by atoms with Crippen molar-refractivity contribution in [1.29, 1.82) is 0 Å². The maximum Gasteiger partial charge on any atom is 0.340 e. The predicted octanol–water partition coefficient (Wildman–Crippen LogP) is 3.47. The number of aryl methyl sites for hydroxylation is 1. The molecule has 12 heteroatoms. The molecule has 2 heterocycles. The molecular weight excluding hydrogens is 446 g/mol. The number of hydrogen-bond donors (Lipinski definition) is 2. The minimum Gasteiger partial charge on any atom is -0.470 e. The molecule has 33 heavy (non-hydrogen) atoms. The van der Waals surface area contributed by atoms with Crippen molar-refractivity contribution in [3.05, 3.63) is 41.2 Å². The number of carbonyl (C=O) groups is 2. The number of amides is 2. The van der Waals surface area contributed by atoms with Gasteiger partial charge in [0.25, 0.3) is 0 Å². The number of aromatic nitrogens is 3. The smallest absolute Gasteiger partial charge is 0.340 e. The predicted molar refractivity (Wildman–Crippen MR) is 111 cm³/mol. The van der Waals surface area contributed by atoms with Crippen molar-refractivity contribution >= 4 is 17.6 Å². The Morgan fingerprint density at radius 1 is 1.15 bits per heavy atom. The highest BCUT2D eigenvalue weighted by molar-refractivity contribution is 5.91. The van der Waals surface area contributed by atoms with Crippen LogP contribution in [0.3, 0.4) is 0 Å². The lowest BCUT2D eigenvalue weighted by Gasteiger charge is -2.17. The van der Waals surface area contributed by atoms with E-state index in [4.69, 9.17) is 0 Å². The van der Waals surface area contributed by atoms with Gasteiger partial charge in [0.1, 0.15) is 5.82 Å². The average Bonchev–Trinajstić information content (AvgIpc) is 2.73. The normalized spacial score (nSPS) is 12.5. The second-order valence-corrected chi connectivity index (χ2v) is 7.76. The van der Waals surface area contributed by atoms with Crippen LogP contribution in [-0.4, -0.2) is 46.0 Å². The maximum absolute atomic E-state index is 13.0. The summed E-state index contributed by atoms with van der Waals surface area (Å²) in [4.78, 5) is 28.3. The Kier molecular flexibility index (Phi) is 8.66. The lowest BCUT2D eigenvalue weighted by atomic mass is 10.1. The molecule has 2 amide bonds. The third kappa shape index (κ3) is 7.65. The molecule has 0 saturated heterocycles. The molecule has 0 aliphatic heterocycles. The highest BCUT2D eigenvalue weighted by Gasteiger charge is 2.42. The summed E-state index contributed by atoms with van der Waals surface area (Å²) in [6.45, 7) is 5.19. The molecule has 1 unspecified atom stereocenters. The van der Waals surface area contributed by atoms with Gasteiger partial charge in [-0.3, -0.25) is 9.59 Å². The Balaban J connectivity index is 1.96. The molecule has 2 N–H and O–H groups in total. The molecule has 8 nitrogen and oxygen atoms in total. The van der Waals surface area contributed by atoms with Gasteiger partial charge in [0.05, 0.1) is 18.2 Å². The summed E-state index contributed by atoms with van der Waals surface area (Å²) in [5.41, 5.74) is 1.22. The molecule has 0 aliphatic rings. The number of alkyl halides is 4. The van der Waals surface area contributed by atoms with E-state index in [0.29, 0.717) is 11.4 Å². The van der Waals surface area contributed by atoms with Crippen LogP contribution < -0.4 is 15.4 Å². The van der Waals surface area contributed by atoms with Crippen LogP contribution in [-0.2, 0) is 16.0 Å². The van der Waals surface area contributed by atoms with Crippen molar-refractivity contribution in [3.8, 4) is 5.88 Å². The van der Waals surface area contributed by atoms with Crippen LogP contribution in [0, 0.1) is 12.8 Å². The lowest BCUT2D eigenvalue weighted by molar-refractivity contribution is -0.148. The number of anilines is 1. The standard InChI is InChI=1S/C21H25F4N5O3/c1-11(2)18(32)28-16-8-14(5-6-26-16)13(4)27-17(31)9-15-7-12(3)19(30-29-15)33-10-21(24,25)20(22)23/h5-8,11,13,20H,9-10H2,1-4H3,(H,27,31)(H,26,28,32). The van der Waals surface area contributed by atoms with Gasteiger partial charge in [0.15, 0.2) is 6.61 Å². The fourth-order valence-corrected chi connectivity index (χ4v) is 2.58. The molecule has 0 aliphatic carbocycles. The maximum atomic E-state index is 13.0. The van der Waals surface area contributed by atoms with E-state index in [1.165, 1.54) is 19.2 Å². The molecule has 180 valence electrons. The second-order valence-electron chi connectivity index (χ2n) is 7.76. The number of ether oxygens (including phenoxy) is 1. The average molecular weight is 471 g/mol. The monoisotopic (exact) mass is 471 g/mol. The van der Waals surface area contributed by atoms with Crippen LogP contribution >= 0.6 is 0 Å². The summed E-state index contributed by atoms with van der Waals surface area (Å²) in [5.74, 6) is -5.06. The van der Waals surface area contributed by atoms with Crippen LogP contribution in [0.2, 0.25) is 0 Å². The Bertz CT molecular complexity index is 988. The van der Waals surface area contributed by atoms with Crippen LogP contribution in [0.15, 0.2) is 24.4 Å². The fourth-order valence-electron chi connectivity index (χ4n) is 2.58. The van der Waals surface area contributed by atoms with Crippen molar-refractivity contribution in [2.24, 2.45) is 5.92 Å². The summed E-state index contributed by atoms with van der Waals surface area (Å²) in [6.07, 6.45) is -2.51. The topological polar surface area (TPSA) is 106 Å². The van der Waals surface area contributed by atoms with Crippen molar-refractivity contribution < 1.29 is 31.9 Å². The van der Waals surface area contributed by atoms with Crippen LogP contribution in [0.5, 0.6) is 5.88 Å². The van der Waals surface area contributed by atoms with Gasteiger partial charge in [0.2, 0.25) is 17.7 Å². The minimum absolute atomic E-state index is 0.159. The third-order valence-electron chi connectivity index (χ3n) is 4.49. The molecule has 0 radical (unpaired) electrons. The number of nitrogens with one attached hydrogen (secondary N) is 2. The van der Waals surface area contributed by atoms with Crippen molar-refractivity contribution in [1.82, 2.24) is 20.5 Å². The summed E-state index contributed by atoms with van der Waals surface area (Å²) < 4.78 is 55.1. The van der Waals surface area contributed by atoms with E-state index in [1.54, 1.807) is 32.9 Å². The first kappa shape index (κ1) is 25.9. The van der Waals surface area contributed by atoms with E-state index < -0.39 is 30.9 Å². The molecule has 1 atom stereocenters. The highest BCUT2D eigenvalue weighted by Crippen LogP contribution is 2.25. The Morgan fingerprint density at radius 2 is 1.85 bits per heavy atom. The first-order chi connectivity index (χ1) is 15.4. The van der Waals surface area contributed by atoms with E-state index in [2.05, 4.69) is 30.6 Å². The molecule has 0 aromatic carbocycles. The van der Waals surface area contributed by atoms with Crippen LogP contribution in [0.25, 0.3) is 0 Å². The van der Waals surface area contributed by atoms with E-state index in [1.807, 2.05) is 0 Å². The quantitative estimate of drug-likeness (QED) is 0.514. The molecule has 0 spiro atoms. The van der Waals surface area contributed by atoms with E-state index in [0.717, 1.165) is 0 Å². The van der Waals surface area contributed by atoms with Crippen molar-refractivity contribution in [2.45, 2.75) is 52.5 Å². The third-order valence-corrected chi connectivity index (χ3v) is 4.49. The second kappa shape index (κ2) is 11.0. The number of halogens is 4. The van der Waals surface area contributed by atoms with Crippen LogP contribution in [0.4, 0.5) is 23.4 Å². The Labute approximate surface area is 188 Å². The molecule has 2 rings (SSSR count). The number of nitrogens with zero attached hydrogens (tertiary/aromatic N) is 3. The van der Waals surface area contributed by atoms with E-state index in [-0.39, 0.29) is 35.4 Å². The summed E-state index contributed by atoms with van der Waals surface area (Å²) in [7, 11) is 0. The Morgan fingerprint density at radius 3 is 2.45 bits per heavy atom. The fraction of sp³-hybridized carbons (Fsp3) is 0.476. The van der Waals surface area contributed by atoms with Gasteiger partial charge >= 0.3 is 12.3 Å². The first-order valence-corrected chi connectivity index (χ1v) is 10.1. The van der Waals surface area contributed by atoms with Gasteiger partial charge in [-0.25, -0.2) is 13.8 Å². The molecular formula is C21H25F4N5O3. The van der Waals surface area contributed by atoms with E-state index in [9.17, 15) is 27.2 Å². The van der Waals surface area contributed by atoms with Gasteiger partial charge in [-0.1, -0.05) is 13.8 Å². The van der Waals surface area contributed by atoms with Gasteiger partial charge in [-0.05, 0) is 37.6 Å². The van der Waals surface area contributed by atoms with E-state index >= 15 is 0 Å². The van der Waals surface area contributed by atoms with Crippen LogP contribution in [0.1, 0.15) is 43.6 Å². The number of carbonyl (C=O) groups excluding carboxylic acids is 2. The van der Waals surface area contributed by atoms with Gasteiger partial charge < -0.3 is 15.4 Å². The molecule has 0 fully saturated rings. The minimum atomic E-state index is -4.31. The SMILES string of the molecule is Cc1cc(CC(=O)NC(C)c2ccnc(NC(=O)C(C)C)c2)nnc1OCC(F)(F)C(F)F. The molecule has 0 bridgehead atoms. The number of hydrogen-bond acceptors (Lipinski definition) is 6. The summed E-state index contributed by atoms with van der Waals surface area (Å²) in [5, 5.41) is 12.8. The lowest BCUT2D eigenvalue weighted by Crippen LogP contribution is -2.34. The number of rotatable bonds is 10. The zero-order valence-electron chi connectivity index (χ0n) is 18.5. The van der Waals surface area contributed by atoms with Crippen molar-refractivity contribution in [3.63, 3.8) is 0 Å². The molecule has 0 saturated carbocycles. The number of pyridine rings is 1. The van der Waals surface area contributed by atoms with Crippen molar-refractivity contribution in [2.75, 3.05) is 11.9 Å². The van der Waals surface area contributed by atoms with Gasteiger partial charge in [0, 0.05) is 17.7 Å². The highest BCUT2D eigenvalue weighted by atomic mass is 19.3. The van der Waals surface area contributed by atoms with Gasteiger partial charge in [-0.15, -0.1) is 5.10 Å². The van der Waals surface area contributed by atoms with Gasteiger partial charge in [-0.2, -0.15) is 13.9 Å². The molecule has 2 aromatic heterocycles. The summed E-state index contributed by atoms with van der Waals surface area (Å²) in [6, 6.07) is 4.33.